The number of ketones is 1. The van der Waals surface area contributed by atoms with Gasteiger partial charge in [0.25, 0.3) is 5.91 Å². The van der Waals surface area contributed by atoms with Gasteiger partial charge in [-0.05, 0) is 60.2 Å². The molecular weight excluding hydrogens is 576 g/mol. The Morgan fingerprint density at radius 3 is 2.02 bits per heavy atom. The Hall–Kier alpha value is -3.18. The lowest BCUT2D eigenvalue weighted by molar-refractivity contribution is -0.145. The zero-order valence-corrected chi connectivity index (χ0v) is 28.1. The minimum Gasteiger partial charge on any atom is -0.363 e. The Bertz CT molecular complexity index is 1180. The molecule has 0 aromatic carbocycles. The van der Waals surface area contributed by atoms with Crippen LogP contribution in [0.25, 0.3) is 0 Å². The molecule has 2 heterocycles. The van der Waals surface area contributed by atoms with Gasteiger partial charge in [-0.25, -0.2) is 4.79 Å². The number of nitrogens with one attached hydrogen (secondary N) is 3. The summed E-state index contributed by atoms with van der Waals surface area (Å²) >= 11 is 0. The van der Waals surface area contributed by atoms with Gasteiger partial charge in [0.15, 0.2) is 0 Å². The highest BCUT2D eigenvalue weighted by Crippen LogP contribution is 2.65. The quantitative estimate of drug-likeness (QED) is 0.254. The first-order valence-electron chi connectivity index (χ1n) is 16.8. The van der Waals surface area contributed by atoms with Crippen LogP contribution >= 0.6 is 0 Å². The standard InChI is InChI=1S/C33H54N6O6/c1-18(2)23(29(43)38-14-9-8-10-15-38)36-31(45)37-26(32(3,4)5)30(44)39-17-20-22(33(20,6)7)24(39)28(42)35-21(25(40)27(34)41)16-19-12-11-13-19/h18-24,26H,8-17H2,1-7H3,(H2,34,41)(H,35,42)(H2,36,37,45)/t20-,21?,22-,23-,24-,26+/m0/s1. The average molecular weight is 631 g/mol. The van der Waals surface area contributed by atoms with E-state index in [9.17, 15) is 28.8 Å². The SMILES string of the molecule is CC(C)[C@H](NC(=O)N[C@H](C(=O)N1C[C@H]2[C@@H]([C@H]1C(=O)NC(CC1CCC1)C(=O)C(N)=O)C2(C)C)C(C)(C)C)C(=O)N1CCCCC1. The molecule has 0 aromatic rings. The molecule has 2 saturated carbocycles. The topological polar surface area (TPSA) is 171 Å². The van der Waals surface area contributed by atoms with Crippen molar-refractivity contribution in [3.63, 3.8) is 0 Å². The second-order valence-electron chi connectivity index (χ2n) is 15.7. The molecule has 12 nitrogen and oxygen atoms in total. The van der Waals surface area contributed by atoms with Gasteiger partial charge in [-0.15, -0.1) is 0 Å². The van der Waals surface area contributed by atoms with Gasteiger partial charge in [-0.3, -0.25) is 24.0 Å². The number of urea groups is 1. The van der Waals surface area contributed by atoms with Crippen LogP contribution in [0.15, 0.2) is 0 Å². The molecule has 0 radical (unpaired) electrons. The van der Waals surface area contributed by atoms with Crippen molar-refractivity contribution in [2.45, 2.75) is 118 Å². The molecule has 4 rings (SSSR count). The summed E-state index contributed by atoms with van der Waals surface area (Å²) < 4.78 is 0. The number of nitrogens with two attached hydrogens (primary N) is 1. The van der Waals surface area contributed by atoms with Gasteiger partial charge in [0.2, 0.25) is 23.5 Å². The molecule has 6 atom stereocenters. The highest BCUT2D eigenvalue weighted by molar-refractivity contribution is 6.37. The van der Waals surface area contributed by atoms with Gasteiger partial charge < -0.3 is 31.5 Å². The van der Waals surface area contributed by atoms with Crippen LogP contribution in [0.2, 0.25) is 0 Å². The second kappa shape index (κ2) is 13.3. The summed E-state index contributed by atoms with van der Waals surface area (Å²) in [7, 11) is 0. The molecule has 6 amide bonds. The van der Waals surface area contributed by atoms with E-state index < -0.39 is 59.1 Å². The maximum atomic E-state index is 14.3. The van der Waals surface area contributed by atoms with Crippen molar-refractivity contribution < 1.29 is 28.8 Å². The van der Waals surface area contributed by atoms with Crippen molar-refractivity contribution in [2.24, 2.45) is 40.2 Å². The van der Waals surface area contributed by atoms with Crippen LogP contribution in [0.1, 0.15) is 93.4 Å². The Labute approximate surface area is 267 Å². The van der Waals surface area contributed by atoms with E-state index >= 15 is 0 Å². The predicted octanol–water partition coefficient (Wildman–Crippen LogP) is 1.95. The molecule has 2 aliphatic carbocycles. The van der Waals surface area contributed by atoms with Gasteiger partial charge in [0.1, 0.15) is 18.1 Å². The average Bonchev–Trinajstić information content (AvgIpc) is 3.26. The van der Waals surface area contributed by atoms with E-state index in [-0.39, 0.29) is 35.0 Å². The van der Waals surface area contributed by atoms with E-state index in [0.717, 1.165) is 38.5 Å². The van der Waals surface area contributed by atoms with Crippen LogP contribution in [0.3, 0.4) is 0 Å². The number of amides is 6. The summed E-state index contributed by atoms with van der Waals surface area (Å²) in [5.74, 6) is -2.91. The summed E-state index contributed by atoms with van der Waals surface area (Å²) in [5, 5.41) is 8.47. The van der Waals surface area contributed by atoms with Gasteiger partial charge in [0.05, 0.1) is 6.04 Å². The first kappa shape index (κ1) is 34.7. The maximum Gasteiger partial charge on any atom is 0.316 e. The van der Waals surface area contributed by atoms with Crippen LogP contribution in [-0.4, -0.2) is 89.0 Å². The molecule has 0 spiro atoms. The first-order valence-corrected chi connectivity index (χ1v) is 16.8. The highest BCUT2D eigenvalue weighted by atomic mass is 16.2. The monoisotopic (exact) mass is 630 g/mol. The zero-order valence-electron chi connectivity index (χ0n) is 28.1. The van der Waals surface area contributed by atoms with Crippen molar-refractivity contribution in [1.82, 2.24) is 25.8 Å². The molecule has 45 heavy (non-hydrogen) atoms. The fourth-order valence-electron chi connectivity index (χ4n) is 7.49. The van der Waals surface area contributed by atoms with E-state index in [0.29, 0.717) is 26.1 Å². The fourth-order valence-corrected chi connectivity index (χ4v) is 7.49. The molecule has 12 heteroatoms. The number of primary amides is 1. The van der Waals surface area contributed by atoms with Crippen molar-refractivity contribution in [1.29, 1.82) is 0 Å². The third-order valence-corrected chi connectivity index (χ3v) is 10.7. The van der Waals surface area contributed by atoms with Crippen LogP contribution in [-0.2, 0) is 24.0 Å². The molecule has 252 valence electrons. The van der Waals surface area contributed by atoms with Crippen molar-refractivity contribution in [3.8, 4) is 0 Å². The molecule has 2 aliphatic heterocycles. The van der Waals surface area contributed by atoms with Crippen LogP contribution in [0.4, 0.5) is 4.79 Å². The number of carbonyl (C=O) groups excluding carboxylic acids is 6. The minimum atomic E-state index is -1.09. The number of piperidine rings is 2. The molecule has 0 bridgehead atoms. The summed E-state index contributed by atoms with van der Waals surface area (Å²) in [6.07, 6.45) is 6.17. The molecule has 2 saturated heterocycles. The Morgan fingerprint density at radius 2 is 1.51 bits per heavy atom. The molecule has 0 aromatic heterocycles. The van der Waals surface area contributed by atoms with Crippen LogP contribution in [0.5, 0.6) is 0 Å². The lowest BCUT2D eigenvalue weighted by Crippen LogP contribution is -2.62. The van der Waals surface area contributed by atoms with Crippen LogP contribution in [0, 0.1) is 34.5 Å². The van der Waals surface area contributed by atoms with E-state index in [1.807, 2.05) is 34.6 Å². The number of carbonyl (C=O) groups is 6. The molecule has 4 fully saturated rings. The van der Waals surface area contributed by atoms with Crippen LogP contribution < -0.4 is 21.7 Å². The van der Waals surface area contributed by atoms with E-state index in [1.54, 1.807) is 4.90 Å². The zero-order chi connectivity index (χ0) is 33.4. The number of hydrogen-bond acceptors (Lipinski definition) is 6. The van der Waals surface area contributed by atoms with E-state index in [1.165, 1.54) is 4.90 Å². The molecule has 5 N–H and O–H groups in total. The molecule has 4 aliphatic rings. The lowest BCUT2D eigenvalue weighted by Gasteiger charge is -2.38. The fraction of sp³-hybridized carbons (Fsp3) is 0.818. The van der Waals surface area contributed by atoms with Gasteiger partial charge in [-0.1, -0.05) is 67.7 Å². The first-order chi connectivity index (χ1) is 20.9. The summed E-state index contributed by atoms with van der Waals surface area (Å²) in [6, 6.07) is -4.25. The number of fused-ring (bicyclic) bond motifs is 1. The lowest BCUT2D eigenvalue weighted by atomic mass is 9.80. The number of Topliss-reactive ketones (excluding diaryl/α,β-unsaturated/α-hetero) is 1. The minimum absolute atomic E-state index is 0.0797. The number of rotatable bonds is 11. The Kier molecular flexibility index (Phi) is 10.2. The van der Waals surface area contributed by atoms with Gasteiger partial charge in [-0.2, -0.15) is 0 Å². The summed E-state index contributed by atoms with van der Waals surface area (Å²) in [5.41, 5.74) is 4.42. The maximum absolute atomic E-state index is 14.3. The van der Waals surface area contributed by atoms with Gasteiger partial charge >= 0.3 is 6.03 Å². The number of likely N-dealkylation sites (tertiary alicyclic amines) is 2. The smallest absolute Gasteiger partial charge is 0.316 e. The predicted molar refractivity (Wildman–Crippen MR) is 168 cm³/mol. The van der Waals surface area contributed by atoms with E-state index in [4.69, 9.17) is 5.73 Å². The Balaban J connectivity index is 1.51. The van der Waals surface area contributed by atoms with Crippen molar-refractivity contribution in [3.05, 3.63) is 0 Å². The van der Waals surface area contributed by atoms with Crippen molar-refractivity contribution >= 4 is 35.4 Å². The Morgan fingerprint density at radius 1 is 0.889 bits per heavy atom. The van der Waals surface area contributed by atoms with Gasteiger partial charge in [0, 0.05) is 19.6 Å². The largest absolute Gasteiger partial charge is 0.363 e. The molecule has 1 unspecified atom stereocenters. The third-order valence-electron chi connectivity index (χ3n) is 10.7. The highest BCUT2D eigenvalue weighted by Gasteiger charge is 2.70. The normalized spacial score (nSPS) is 26.2. The third kappa shape index (κ3) is 7.46. The van der Waals surface area contributed by atoms with E-state index in [2.05, 4.69) is 29.8 Å². The summed E-state index contributed by atoms with van der Waals surface area (Å²) in [6.45, 7) is 15.1. The number of nitrogens with zero attached hydrogens (tertiary/aromatic N) is 2. The van der Waals surface area contributed by atoms with Crippen molar-refractivity contribution in [2.75, 3.05) is 19.6 Å². The number of hydrogen-bond donors (Lipinski definition) is 4. The molecular formula is C33H54N6O6. The summed E-state index contributed by atoms with van der Waals surface area (Å²) in [4.78, 5) is 82.7. The second-order valence-corrected chi connectivity index (χ2v) is 15.7.